The molecule has 0 radical (unpaired) electrons. The van der Waals surface area contributed by atoms with Gasteiger partial charge in [0.1, 0.15) is 71.4 Å². The molecular formula is C72H91Br4ClN14O11S10. The quantitative estimate of drug-likeness (QED) is 0.0615. The highest BCUT2D eigenvalue weighted by atomic mass is 79.9. The van der Waals surface area contributed by atoms with E-state index in [1.54, 1.807) is 71.9 Å². The molecule has 4 saturated heterocycles. The zero-order chi connectivity index (χ0) is 82.3. The molecule has 610 valence electrons. The van der Waals surface area contributed by atoms with Crippen molar-refractivity contribution in [3.05, 3.63) is 145 Å². The number of hydrogen-bond acceptors (Lipinski definition) is 25. The summed E-state index contributed by atoms with van der Waals surface area (Å²) >= 11 is 37.3. The number of nitrogens with one attached hydrogen (secondary N) is 2. The Morgan fingerprint density at radius 2 is 1.06 bits per heavy atom. The van der Waals surface area contributed by atoms with Gasteiger partial charge in [0, 0.05) is 160 Å². The van der Waals surface area contributed by atoms with Crippen molar-refractivity contribution in [3.8, 4) is 11.1 Å². The second-order valence-corrected chi connectivity index (χ2v) is 35.9. The number of rotatable bonds is 13. The molecule has 11 rings (SSSR count). The van der Waals surface area contributed by atoms with Crippen LogP contribution in [0, 0.1) is 6.92 Å². The largest absolute Gasteiger partial charge is 0.480 e. The minimum absolute atomic E-state index is 0. The topological polar surface area (TPSA) is 330 Å². The van der Waals surface area contributed by atoms with Crippen LogP contribution in [0.15, 0.2) is 122 Å². The first kappa shape index (κ1) is 103. The molecule has 5 N–H and O–H groups in total. The number of nitrogen functional groups attached to an aromatic ring is 1. The van der Waals surface area contributed by atoms with Gasteiger partial charge in [-0.3, -0.25) is 38.5 Å². The van der Waals surface area contributed by atoms with Gasteiger partial charge in [-0.25, -0.2) is 44.3 Å². The fourth-order valence-corrected chi connectivity index (χ4v) is 13.4. The van der Waals surface area contributed by atoms with Crippen molar-refractivity contribution in [2.45, 2.75) is 213 Å². The van der Waals surface area contributed by atoms with Crippen molar-refractivity contribution in [2.24, 2.45) is 0 Å². The maximum atomic E-state index is 13.6. The van der Waals surface area contributed by atoms with E-state index in [0.29, 0.717) is 87.8 Å². The number of fused-ring (bicyclic) bond motifs is 1. The van der Waals surface area contributed by atoms with Crippen LogP contribution in [0.4, 0.5) is 21.2 Å². The predicted octanol–water partition coefficient (Wildman–Crippen LogP) is 13.8. The maximum absolute atomic E-state index is 13.6. The first-order chi connectivity index (χ1) is 51.9. The Balaban J connectivity index is 0.000000495. The van der Waals surface area contributed by atoms with Crippen LogP contribution < -0.4 is 16.4 Å². The molecule has 8 atom stereocenters. The van der Waals surface area contributed by atoms with E-state index in [1.807, 2.05) is 115 Å². The number of likely N-dealkylation sites (tertiary alicyclic amines) is 3. The average Bonchev–Trinajstić information content (AvgIpc) is 1.61. The number of ether oxygens (including phenoxy) is 2. The lowest BCUT2D eigenvalue weighted by Gasteiger charge is -2.30. The highest BCUT2D eigenvalue weighted by Crippen LogP contribution is 2.32. The van der Waals surface area contributed by atoms with Gasteiger partial charge in [-0.1, -0.05) is 30.3 Å². The summed E-state index contributed by atoms with van der Waals surface area (Å²) in [6.07, 6.45) is 9.12. The second kappa shape index (κ2) is 51.0. The SMILES string of the molecule is CC(=O)c1nn(CC(=O)N2[C@@H](C)CC[C@H]2C(=O)Nc2cccc(Br)n2)c2ccc(-c3cnc(C)nc3)cc12.C[C@H]1CC[C@@H](C(=O)Cc2cccc(Br)n2)N1.C[C@H]1CC[C@@H](C(=O)Cc2cccc(Br)n2)N1C(=O)OC(C)(C)C.C[C@H]1CC[C@@H](C(=O)O)N1C(=O)OC(C)(C)C.Cl.Nc1cccc(Br)n1.S.S=S.S=S=S.S=S=S=S. The molecule has 4 amide bonds. The molecular weight excluding hydrogens is 1910 g/mol. The minimum atomic E-state index is -0.963. The summed E-state index contributed by atoms with van der Waals surface area (Å²) in [5, 5.41) is 20.3. The van der Waals surface area contributed by atoms with E-state index in [4.69, 9.17) is 20.3 Å². The van der Waals surface area contributed by atoms with Crippen LogP contribution in [-0.2, 0) is 147 Å². The number of ketones is 3. The number of carboxylic acids is 1. The number of carboxylic acid groups (broad SMARTS) is 1. The second-order valence-electron chi connectivity index (χ2n) is 27.4. The van der Waals surface area contributed by atoms with Gasteiger partial charge in [0.05, 0.1) is 30.4 Å². The molecule has 0 spiro atoms. The summed E-state index contributed by atoms with van der Waals surface area (Å²) in [6.45, 7) is 21.8. The molecule has 4 fully saturated rings. The molecule has 0 unspecified atom stereocenters. The standard InChI is InChI=1S/C27H26BrN7O3.C17H23BrN2O3.C12H15BrN2O.C11H19NO4.C5H5BrN2.ClH.S4.S3.S2.H2S/c1-15-7-9-22(27(38)32-24-6-4-5-23(28)31-24)35(15)25(37)14-34-21-10-8-18(19-12-29-17(3)30-13-19)11-20(21)26(33-34)16(2)36;1-11-8-9-13(20(11)16(22)23-17(2,3)4)14(21)10-12-6-5-7-15(18)19-12;1-8-5-6-10(14-8)11(16)7-9-3-2-4-12(13)15-9;1-7-5-6-8(9(13)14)12(7)10(15)16-11(2,3)4;6-4-2-1-3-5(7)8-4;;1-3-4-2;1-3-2;1-2;/h4-6,8,10-13,15,22H,7,9,14H2,1-3H3,(H,31,32,38);5-7,11,13H,8-10H2,1-4H3;2-4,8,10,14H,5-7H2,1H3;7-8H,5-6H2,1-4H3,(H,13,14);1-3H,(H2,7,8);1H;;;;1H2/t15-,22-;11-,13-;8-,10-;7-,8-;;;;;;/m0000....../s1. The molecule has 1 aromatic carbocycles. The van der Waals surface area contributed by atoms with Crippen molar-refractivity contribution >= 4 is 253 Å². The van der Waals surface area contributed by atoms with Crippen molar-refractivity contribution in [3.63, 3.8) is 0 Å². The fourth-order valence-electron chi connectivity index (χ4n) is 11.9. The third kappa shape index (κ3) is 34.4. The molecule has 10 heterocycles. The summed E-state index contributed by atoms with van der Waals surface area (Å²) in [7, 11) is 3.26. The molecule has 0 aliphatic carbocycles. The summed E-state index contributed by atoms with van der Waals surface area (Å²) in [5.74, 6) is 0.180. The number of hydrogen-bond donors (Lipinski definition) is 4. The molecule has 0 saturated carbocycles. The van der Waals surface area contributed by atoms with Crippen molar-refractivity contribution in [1.29, 1.82) is 0 Å². The number of nitrogens with two attached hydrogens (primary N) is 1. The molecule has 4 aliphatic heterocycles. The highest BCUT2D eigenvalue weighted by Gasteiger charge is 2.43. The van der Waals surface area contributed by atoms with Gasteiger partial charge in [0.2, 0.25) is 11.8 Å². The minimum Gasteiger partial charge on any atom is -0.480 e. The van der Waals surface area contributed by atoms with E-state index in [2.05, 4.69) is 183 Å². The van der Waals surface area contributed by atoms with E-state index >= 15 is 0 Å². The van der Waals surface area contributed by atoms with Crippen LogP contribution in [0.5, 0.6) is 0 Å². The number of pyridine rings is 4. The Morgan fingerprint density at radius 1 is 0.607 bits per heavy atom. The van der Waals surface area contributed by atoms with Crippen molar-refractivity contribution in [2.75, 3.05) is 11.1 Å². The zero-order valence-electron chi connectivity index (χ0n) is 63.3. The lowest BCUT2D eigenvalue weighted by atomic mass is 10.0. The fraction of sp³-hybridized carbons (Fsp3) is 0.458. The summed E-state index contributed by atoms with van der Waals surface area (Å²) in [4.78, 5) is 129. The summed E-state index contributed by atoms with van der Waals surface area (Å²) in [6, 6.07) is 25.9. The molecule has 40 heteroatoms. The number of benzene rings is 1. The maximum Gasteiger partial charge on any atom is 0.411 e. The van der Waals surface area contributed by atoms with Gasteiger partial charge in [0.15, 0.2) is 17.3 Å². The molecule has 7 aromatic rings. The van der Waals surface area contributed by atoms with E-state index in [0.717, 1.165) is 54.2 Å². The van der Waals surface area contributed by atoms with Crippen molar-refractivity contribution < 1.29 is 52.9 Å². The Bertz CT molecular complexity index is 4440. The number of carbonyl (C=O) groups is 8. The Morgan fingerprint density at radius 3 is 1.50 bits per heavy atom. The first-order valence-electron chi connectivity index (χ1n) is 34.3. The number of Topliss-reactive ketones (excluding diaryl/α,β-unsaturated/α-hetero) is 3. The summed E-state index contributed by atoms with van der Waals surface area (Å²) < 4.78 is 15.1. The molecule has 6 aromatic heterocycles. The summed E-state index contributed by atoms with van der Waals surface area (Å²) in [5.41, 5.74) is 8.29. The molecule has 25 nitrogen and oxygen atoms in total. The number of nitrogens with zero attached hydrogens (tertiary/aromatic N) is 11. The smallest absolute Gasteiger partial charge is 0.411 e. The zero-order valence-corrected chi connectivity index (χ0v) is 78.8. The lowest BCUT2D eigenvalue weighted by Crippen LogP contribution is -2.47. The third-order valence-corrected chi connectivity index (χ3v) is 20.7. The molecule has 112 heavy (non-hydrogen) atoms. The van der Waals surface area contributed by atoms with Gasteiger partial charge in [0.25, 0.3) is 0 Å². The number of anilines is 2. The number of amides is 4. The van der Waals surface area contributed by atoms with Gasteiger partial charge in [-0.05, 0) is 257 Å². The van der Waals surface area contributed by atoms with E-state index in [1.165, 1.54) is 29.6 Å². The Labute approximate surface area is 738 Å². The number of halogens is 5. The van der Waals surface area contributed by atoms with Crippen LogP contribution in [0.2, 0.25) is 0 Å². The molecule has 4 aliphatic rings. The van der Waals surface area contributed by atoms with Gasteiger partial charge in [-0.15, -0.1) is 12.4 Å². The van der Waals surface area contributed by atoms with E-state index < -0.39 is 47.5 Å². The van der Waals surface area contributed by atoms with Crippen LogP contribution >= 0.6 is 89.6 Å². The van der Waals surface area contributed by atoms with E-state index in [9.17, 15) is 38.4 Å². The Kier molecular flexibility index (Phi) is 46.7. The van der Waals surface area contributed by atoms with Crippen LogP contribution in [-0.4, -0.2) is 166 Å². The molecule has 0 bridgehead atoms. The number of aryl methyl sites for hydroxylation is 1. The Hall–Kier alpha value is -5.37. The first-order valence-corrected chi connectivity index (χ1v) is 45.4. The van der Waals surface area contributed by atoms with Gasteiger partial charge >= 0.3 is 18.2 Å². The number of aromatic nitrogens is 8. The lowest BCUT2D eigenvalue weighted by molar-refractivity contribution is -0.142. The normalized spacial score (nSPS) is 18.3. The predicted molar refractivity (Wildman–Crippen MR) is 481 cm³/mol. The highest BCUT2D eigenvalue weighted by molar-refractivity contribution is 9.11. The third-order valence-electron chi connectivity index (χ3n) is 16.7. The average molecular weight is 2000 g/mol. The van der Waals surface area contributed by atoms with Crippen LogP contribution in [0.1, 0.15) is 155 Å². The number of aliphatic carboxylic acids is 1. The number of carbonyl (C=O) groups excluding carboxylic acids is 7. The van der Waals surface area contributed by atoms with Crippen molar-refractivity contribution in [1.82, 2.24) is 59.7 Å². The van der Waals surface area contributed by atoms with Crippen LogP contribution in [0.3, 0.4) is 0 Å². The van der Waals surface area contributed by atoms with Gasteiger partial charge < -0.3 is 35.8 Å². The van der Waals surface area contributed by atoms with Crippen LogP contribution in [0.25, 0.3) is 22.0 Å². The van der Waals surface area contributed by atoms with Gasteiger partial charge in [-0.2, -0.15) is 18.6 Å². The van der Waals surface area contributed by atoms with E-state index in [-0.39, 0.29) is 97.9 Å². The monoisotopic (exact) mass is 2000 g/mol.